The Morgan fingerprint density at radius 3 is 2.45 bits per heavy atom. The largest absolute Gasteiger partial charge is 0.251 e. The minimum absolute atomic E-state index is 0.573. The van der Waals surface area contributed by atoms with E-state index in [1.54, 1.807) is 0 Å². The third kappa shape index (κ3) is 1.88. The highest BCUT2D eigenvalue weighted by molar-refractivity contribution is 5.58. The summed E-state index contributed by atoms with van der Waals surface area (Å²) in [5.74, 6) is 1.60. The SMILES string of the molecule is CC(C)c1ccc(-c2cn(CC34CC(C3)C4)nn2)cc1. The monoisotopic (exact) mass is 267 g/mol. The van der Waals surface area contributed by atoms with Gasteiger partial charge in [0.05, 0.1) is 6.20 Å². The number of hydrogen-bond donors (Lipinski definition) is 0. The summed E-state index contributed by atoms with van der Waals surface area (Å²) in [7, 11) is 0. The van der Waals surface area contributed by atoms with Gasteiger partial charge in [-0.3, -0.25) is 4.68 Å². The van der Waals surface area contributed by atoms with Crippen molar-refractivity contribution in [3.63, 3.8) is 0 Å². The molecule has 0 N–H and O–H groups in total. The lowest BCUT2D eigenvalue weighted by Crippen LogP contribution is -2.54. The molecule has 0 radical (unpaired) electrons. The summed E-state index contributed by atoms with van der Waals surface area (Å²) in [5.41, 5.74) is 4.11. The molecule has 3 saturated carbocycles. The molecule has 0 aliphatic heterocycles. The van der Waals surface area contributed by atoms with Gasteiger partial charge in [-0.2, -0.15) is 0 Å². The van der Waals surface area contributed by atoms with Crippen LogP contribution in [0.15, 0.2) is 30.5 Å². The summed E-state index contributed by atoms with van der Waals surface area (Å²) < 4.78 is 2.04. The molecule has 0 saturated heterocycles. The first kappa shape index (κ1) is 12.1. The second kappa shape index (κ2) is 4.18. The Morgan fingerprint density at radius 1 is 1.20 bits per heavy atom. The smallest absolute Gasteiger partial charge is 0.113 e. The fourth-order valence-corrected chi connectivity index (χ4v) is 3.74. The number of aromatic nitrogens is 3. The van der Waals surface area contributed by atoms with Crippen LogP contribution in [0.1, 0.15) is 44.6 Å². The average molecular weight is 267 g/mol. The highest BCUT2D eigenvalue weighted by Crippen LogP contribution is 2.65. The van der Waals surface area contributed by atoms with Crippen LogP contribution in [-0.4, -0.2) is 15.0 Å². The van der Waals surface area contributed by atoms with Gasteiger partial charge in [0.25, 0.3) is 0 Å². The van der Waals surface area contributed by atoms with E-state index in [1.807, 2.05) is 4.68 Å². The molecule has 0 atom stereocenters. The molecular formula is C17H21N3. The van der Waals surface area contributed by atoms with Crippen molar-refractivity contribution < 1.29 is 0 Å². The number of benzene rings is 1. The third-order valence-electron chi connectivity index (χ3n) is 5.07. The van der Waals surface area contributed by atoms with Crippen LogP contribution in [0.2, 0.25) is 0 Å². The van der Waals surface area contributed by atoms with Crippen LogP contribution in [0.5, 0.6) is 0 Å². The zero-order chi connectivity index (χ0) is 13.7. The Labute approximate surface area is 120 Å². The molecule has 3 nitrogen and oxygen atoms in total. The highest BCUT2D eigenvalue weighted by atomic mass is 15.4. The second-order valence-electron chi connectivity index (χ2n) is 7.06. The fraction of sp³-hybridized carbons (Fsp3) is 0.529. The number of nitrogens with zero attached hydrogens (tertiary/aromatic N) is 3. The van der Waals surface area contributed by atoms with Gasteiger partial charge in [-0.15, -0.1) is 5.10 Å². The molecular weight excluding hydrogens is 246 g/mol. The molecule has 1 aromatic heterocycles. The van der Waals surface area contributed by atoms with E-state index in [4.69, 9.17) is 0 Å². The van der Waals surface area contributed by atoms with E-state index in [2.05, 4.69) is 54.6 Å². The van der Waals surface area contributed by atoms with Crippen molar-refractivity contribution in [3.05, 3.63) is 36.0 Å². The summed E-state index contributed by atoms with van der Waals surface area (Å²) in [6.45, 7) is 5.49. The molecule has 2 aromatic rings. The maximum atomic E-state index is 4.33. The molecule has 3 aliphatic carbocycles. The second-order valence-corrected chi connectivity index (χ2v) is 7.06. The van der Waals surface area contributed by atoms with Gasteiger partial charge in [-0.05, 0) is 42.1 Å². The van der Waals surface area contributed by atoms with Crippen LogP contribution in [0.25, 0.3) is 11.3 Å². The van der Waals surface area contributed by atoms with Gasteiger partial charge >= 0.3 is 0 Å². The number of hydrogen-bond acceptors (Lipinski definition) is 2. The Balaban J connectivity index is 1.51. The normalized spacial score (nSPS) is 27.2. The van der Waals surface area contributed by atoms with E-state index in [0.717, 1.165) is 18.2 Å². The Hall–Kier alpha value is -1.64. The van der Waals surface area contributed by atoms with Gasteiger partial charge in [0, 0.05) is 12.1 Å². The van der Waals surface area contributed by atoms with E-state index < -0.39 is 0 Å². The maximum Gasteiger partial charge on any atom is 0.113 e. The maximum absolute atomic E-state index is 4.33. The molecule has 104 valence electrons. The van der Waals surface area contributed by atoms with Crippen LogP contribution in [0, 0.1) is 11.3 Å². The van der Waals surface area contributed by atoms with Gasteiger partial charge in [0.15, 0.2) is 0 Å². The molecule has 20 heavy (non-hydrogen) atoms. The summed E-state index contributed by atoms with van der Waals surface area (Å²) in [6, 6.07) is 8.70. The van der Waals surface area contributed by atoms with E-state index in [1.165, 1.54) is 30.4 Å². The van der Waals surface area contributed by atoms with Crippen molar-refractivity contribution in [2.24, 2.45) is 11.3 Å². The van der Waals surface area contributed by atoms with Crippen molar-refractivity contribution in [2.75, 3.05) is 0 Å². The Bertz CT molecular complexity index is 607. The molecule has 3 heteroatoms. The summed E-state index contributed by atoms with van der Waals surface area (Å²) in [5, 5.41) is 8.64. The van der Waals surface area contributed by atoms with Crippen molar-refractivity contribution in [1.82, 2.24) is 15.0 Å². The van der Waals surface area contributed by atoms with Crippen molar-refractivity contribution in [2.45, 2.75) is 45.6 Å². The third-order valence-corrected chi connectivity index (χ3v) is 5.07. The zero-order valence-electron chi connectivity index (χ0n) is 12.2. The lowest BCUT2D eigenvalue weighted by molar-refractivity contribution is -0.120. The Morgan fingerprint density at radius 2 is 1.90 bits per heavy atom. The first-order valence-electron chi connectivity index (χ1n) is 7.64. The predicted molar refractivity (Wildman–Crippen MR) is 79.3 cm³/mol. The van der Waals surface area contributed by atoms with Crippen LogP contribution in [0.3, 0.4) is 0 Å². The summed E-state index contributed by atoms with van der Waals surface area (Å²) in [4.78, 5) is 0. The van der Waals surface area contributed by atoms with Crippen LogP contribution >= 0.6 is 0 Å². The summed E-state index contributed by atoms with van der Waals surface area (Å²) in [6.07, 6.45) is 6.33. The van der Waals surface area contributed by atoms with Crippen molar-refractivity contribution in [1.29, 1.82) is 0 Å². The van der Waals surface area contributed by atoms with Gasteiger partial charge in [-0.1, -0.05) is 43.3 Å². The topological polar surface area (TPSA) is 30.7 Å². The van der Waals surface area contributed by atoms with E-state index >= 15 is 0 Å². The molecule has 1 aromatic carbocycles. The standard InChI is InChI=1S/C17H21N3/c1-12(2)14-3-5-15(6-4-14)16-10-20(19-18-16)11-17-7-13(8-17)9-17/h3-6,10,12-13H,7-9,11H2,1-2H3. The molecule has 0 amide bonds. The minimum atomic E-state index is 0.573. The van der Waals surface area contributed by atoms with Crippen LogP contribution in [-0.2, 0) is 6.54 Å². The van der Waals surface area contributed by atoms with Gasteiger partial charge in [0.1, 0.15) is 5.69 Å². The van der Waals surface area contributed by atoms with Crippen LogP contribution < -0.4 is 0 Å². The molecule has 0 spiro atoms. The van der Waals surface area contributed by atoms with E-state index in [0.29, 0.717) is 11.3 Å². The number of rotatable bonds is 4. The minimum Gasteiger partial charge on any atom is -0.251 e. The van der Waals surface area contributed by atoms with Crippen molar-refractivity contribution >= 4 is 0 Å². The lowest BCUT2D eigenvalue weighted by Gasteiger charge is -2.61. The molecule has 5 rings (SSSR count). The fourth-order valence-electron chi connectivity index (χ4n) is 3.74. The Kier molecular flexibility index (Phi) is 2.53. The van der Waals surface area contributed by atoms with Gasteiger partial charge < -0.3 is 0 Å². The quantitative estimate of drug-likeness (QED) is 0.842. The average Bonchev–Trinajstić information content (AvgIpc) is 2.81. The zero-order valence-corrected chi connectivity index (χ0v) is 12.2. The molecule has 3 fully saturated rings. The molecule has 1 heterocycles. The lowest BCUT2D eigenvalue weighted by atomic mass is 9.44. The first-order valence-corrected chi connectivity index (χ1v) is 7.64. The molecule has 2 bridgehead atoms. The molecule has 3 aliphatic rings. The predicted octanol–water partition coefficient (Wildman–Crippen LogP) is 3.87. The summed E-state index contributed by atoms with van der Waals surface area (Å²) >= 11 is 0. The van der Waals surface area contributed by atoms with Crippen LogP contribution in [0.4, 0.5) is 0 Å². The van der Waals surface area contributed by atoms with Crippen molar-refractivity contribution in [3.8, 4) is 11.3 Å². The van der Waals surface area contributed by atoms with E-state index in [-0.39, 0.29) is 0 Å². The van der Waals surface area contributed by atoms with Gasteiger partial charge in [0.2, 0.25) is 0 Å². The highest BCUT2D eigenvalue weighted by Gasteiger charge is 2.56. The van der Waals surface area contributed by atoms with E-state index in [9.17, 15) is 0 Å². The van der Waals surface area contributed by atoms with Gasteiger partial charge in [-0.25, -0.2) is 0 Å². The first-order chi connectivity index (χ1) is 9.63. The molecule has 0 unspecified atom stereocenters.